The van der Waals surface area contributed by atoms with E-state index in [0.717, 1.165) is 4.47 Å². The molecule has 2 aromatic rings. The number of nitrogens with zero attached hydrogens (tertiary/aromatic N) is 1. The van der Waals surface area contributed by atoms with Crippen molar-refractivity contribution in [2.75, 3.05) is 5.32 Å². The maximum absolute atomic E-state index is 12.9. The highest BCUT2D eigenvalue weighted by Crippen LogP contribution is 2.17. The number of amides is 1. The predicted molar refractivity (Wildman–Crippen MR) is 79.0 cm³/mol. The van der Waals surface area contributed by atoms with Gasteiger partial charge < -0.3 is 5.32 Å². The minimum absolute atomic E-state index is 0.315. The Balaban J connectivity index is 2.22. The first-order valence-electron chi connectivity index (χ1n) is 4.94. The molecule has 0 radical (unpaired) electrons. The molecule has 1 heterocycles. The van der Waals surface area contributed by atoms with E-state index in [9.17, 15) is 9.18 Å². The quantitative estimate of drug-likeness (QED) is 0.750. The third-order valence-corrected chi connectivity index (χ3v) is 3.53. The number of hydrogen-bond acceptors (Lipinski definition) is 2. The molecule has 0 aliphatic rings. The van der Waals surface area contributed by atoms with Crippen LogP contribution in [0.25, 0.3) is 0 Å². The Hall–Kier alpha value is -1.02. The summed E-state index contributed by atoms with van der Waals surface area (Å²) in [6, 6.07) is 7.46. The maximum Gasteiger partial charge on any atom is 0.257 e. The van der Waals surface area contributed by atoms with Gasteiger partial charge in [0, 0.05) is 14.2 Å². The van der Waals surface area contributed by atoms with E-state index < -0.39 is 0 Å². The van der Waals surface area contributed by atoms with Crippen molar-refractivity contribution in [3.8, 4) is 0 Å². The third-order valence-electron chi connectivity index (χ3n) is 2.14. The summed E-state index contributed by atoms with van der Waals surface area (Å²) in [5, 5.41) is 2.65. The highest BCUT2D eigenvalue weighted by atomic mass is 127. The molecule has 0 saturated heterocycles. The predicted octanol–water partition coefficient (Wildman–Crippen LogP) is 3.84. The van der Waals surface area contributed by atoms with Crippen molar-refractivity contribution in [3.63, 3.8) is 0 Å². The van der Waals surface area contributed by atoms with Crippen molar-refractivity contribution in [1.82, 2.24) is 4.98 Å². The molecule has 0 spiro atoms. The van der Waals surface area contributed by atoms with Gasteiger partial charge in [-0.1, -0.05) is 15.9 Å². The second-order valence-corrected chi connectivity index (χ2v) is 5.52. The first kappa shape index (κ1) is 13.4. The molecule has 92 valence electrons. The third kappa shape index (κ3) is 3.26. The van der Waals surface area contributed by atoms with E-state index in [1.54, 1.807) is 18.3 Å². The van der Waals surface area contributed by atoms with E-state index in [0.29, 0.717) is 15.0 Å². The van der Waals surface area contributed by atoms with Crippen molar-refractivity contribution >= 4 is 50.2 Å². The zero-order chi connectivity index (χ0) is 13.1. The average Bonchev–Trinajstić information content (AvgIpc) is 2.28. The summed E-state index contributed by atoms with van der Waals surface area (Å²) in [7, 11) is 0. The van der Waals surface area contributed by atoms with E-state index >= 15 is 0 Å². The highest BCUT2D eigenvalue weighted by Gasteiger charge is 2.11. The van der Waals surface area contributed by atoms with Gasteiger partial charge in [-0.05, 0) is 52.9 Å². The molecule has 0 bridgehead atoms. The van der Waals surface area contributed by atoms with Crippen LogP contribution in [0.1, 0.15) is 10.4 Å². The van der Waals surface area contributed by atoms with Gasteiger partial charge in [0.2, 0.25) is 0 Å². The van der Waals surface area contributed by atoms with E-state index in [1.165, 1.54) is 18.2 Å². The van der Waals surface area contributed by atoms with Crippen LogP contribution in [0.3, 0.4) is 0 Å². The zero-order valence-electron chi connectivity index (χ0n) is 8.95. The maximum atomic E-state index is 12.9. The summed E-state index contributed by atoms with van der Waals surface area (Å²) >= 11 is 5.21. The second kappa shape index (κ2) is 5.75. The Labute approximate surface area is 125 Å². The number of nitrogens with one attached hydrogen (secondary N) is 1. The van der Waals surface area contributed by atoms with Gasteiger partial charge in [0.05, 0.1) is 5.56 Å². The van der Waals surface area contributed by atoms with Gasteiger partial charge in [-0.2, -0.15) is 0 Å². The molecule has 0 aliphatic carbocycles. The van der Waals surface area contributed by atoms with Crippen LogP contribution < -0.4 is 5.32 Å². The molecule has 18 heavy (non-hydrogen) atoms. The van der Waals surface area contributed by atoms with E-state index in [-0.39, 0.29) is 11.7 Å². The lowest BCUT2D eigenvalue weighted by molar-refractivity contribution is 0.102. The minimum atomic E-state index is -0.364. The number of hydrogen-bond donors (Lipinski definition) is 1. The summed E-state index contributed by atoms with van der Waals surface area (Å²) in [5.41, 5.74) is 0.416. The Morgan fingerprint density at radius 1 is 1.33 bits per heavy atom. The fourth-order valence-corrected chi connectivity index (χ4v) is 2.39. The molecule has 1 aromatic heterocycles. The first-order valence-corrected chi connectivity index (χ1v) is 6.81. The van der Waals surface area contributed by atoms with Gasteiger partial charge in [0.1, 0.15) is 11.6 Å². The molecule has 2 rings (SSSR count). The Morgan fingerprint density at radius 3 is 2.78 bits per heavy atom. The minimum Gasteiger partial charge on any atom is -0.307 e. The van der Waals surface area contributed by atoms with Crippen molar-refractivity contribution in [3.05, 3.63) is 56.0 Å². The number of rotatable bonds is 2. The van der Waals surface area contributed by atoms with Gasteiger partial charge in [0.25, 0.3) is 5.91 Å². The molecule has 0 fully saturated rings. The lowest BCUT2D eigenvalue weighted by atomic mass is 10.2. The summed E-state index contributed by atoms with van der Waals surface area (Å²) in [5.74, 6) is -0.240. The number of halogens is 3. The molecule has 6 heteroatoms. The Bertz CT molecular complexity index is 606. The molecular weight excluding hydrogens is 414 g/mol. The number of carbonyl (C=O) groups is 1. The Kier molecular flexibility index (Phi) is 4.28. The van der Waals surface area contributed by atoms with E-state index in [4.69, 9.17) is 0 Å². The van der Waals surface area contributed by atoms with Crippen LogP contribution in [-0.2, 0) is 0 Å². The summed E-state index contributed by atoms with van der Waals surface area (Å²) < 4.78 is 14.3. The van der Waals surface area contributed by atoms with Crippen molar-refractivity contribution in [2.24, 2.45) is 0 Å². The number of pyridine rings is 1. The zero-order valence-corrected chi connectivity index (χ0v) is 12.7. The lowest BCUT2D eigenvalue weighted by Gasteiger charge is -2.06. The summed E-state index contributed by atoms with van der Waals surface area (Å²) in [6.07, 6.45) is 1.58. The van der Waals surface area contributed by atoms with Crippen molar-refractivity contribution in [2.45, 2.75) is 0 Å². The van der Waals surface area contributed by atoms with E-state index in [1.807, 2.05) is 22.6 Å². The van der Waals surface area contributed by atoms with Crippen molar-refractivity contribution in [1.29, 1.82) is 0 Å². The second-order valence-electron chi connectivity index (χ2n) is 3.44. The highest BCUT2D eigenvalue weighted by molar-refractivity contribution is 14.1. The van der Waals surface area contributed by atoms with Crippen LogP contribution in [0.4, 0.5) is 10.2 Å². The van der Waals surface area contributed by atoms with Crippen LogP contribution >= 0.6 is 38.5 Å². The largest absolute Gasteiger partial charge is 0.307 e. The topological polar surface area (TPSA) is 42.0 Å². The van der Waals surface area contributed by atoms with Gasteiger partial charge in [0.15, 0.2) is 0 Å². The lowest BCUT2D eigenvalue weighted by Crippen LogP contribution is -2.14. The fraction of sp³-hybridized carbons (Fsp3) is 0. The normalized spacial score (nSPS) is 10.2. The number of carbonyl (C=O) groups excluding carboxylic acids is 1. The van der Waals surface area contributed by atoms with Gasteiger partial charge in [-0.15, -0.1) is 0 Å². The number of benzene rings is 1. The summed E-state index contributed by atoms with van der Waals surface area (Å²) in [6.45, 7) is 0. The molecule has 0 atom stereocenters. The van der Waals surface area contributed by atoms with Crippen LogP contribution in [0.2, 0.25) is 0 Å². The first-order chi connectivity index (χ1) is 8.56. The number of aromatic nitrogens is 1. The molecule has 0 unspecified atom stereocenters. The van der Waals surface area contributed by atoms with Crippen LogP contribution in [0.15, 0.2) is 41.0 Å². The van der Waals surface area contributed by atoms with E-state index in [2.05, 4.69) is 26.2 Å². The van der Waals surface area contributed by atoms with Gasteiger partial charge in [-0.25, -0.2) is 9.37 Å². The van der Waals surface area contributed by atoms with Crippen LogP contribution in [0, 0.1) is 9.39 Å². The molecular formula is C12H7BrFIN2O. The molecule has 1 aromatic carbocycles. The standard InChI is InChI=1S/C12H7BrFIN2O/c13-7-3-4-16-11(5-7)17-12(18)9-2-1-8(14)6-10(9)15/h1-6H,(H,16,17,18). The molecule has 3 nitrogen and oxygen atoms in total. The molecule has 0 saturated carbocycles. The van der Waals surface area contributed by atoms with Crippen molar-refractivity contribution < 1.29 is 9.18 Å². The molecule has 1 N–H and O–H groups in total. The van der Waals surface area contributed by atoms with Gasteiger partial charge in [-0.3, -0.25) is 4.79 Å². The smallest absolute Gasteiger partial charge is 0.257 e. The van der Waals surface area contributed by atoms with Gasteiger partial charge >= 0.3 is 0 Å². The SMILES string of the molecule is O=C(Nc1cc(Br)ccn1)c1ccc(F)cc1I. The molecule has 0 aliphatic heterocycles. The molecule has 1 amide bonds. The van der Waals surface area contributed by atoms with Crippen LogP contribution in [0.5, 0.6) is 0 Å². The van der Waals surface area contributed by atoms with Crippen LogP contribution in [-0.4, -0.2) is 10.9 Å². The number of anilines is 1. The average molecular weight is 421 g/mol. The Morgan fingerprint density at radius 2 is 2.11 bits per heavy atom. The monoisotopic (exact) mass is 420 g/mol. The summed E-state index contributed by atoms with van der Waals surface area (Å²) in [4.78, 5) is 16.0. The fourth-order valence-electron chi connectivity index (χ4n) is 1.33.